The molecule has 10 heteroatoms. The van der Waals surface area contributed by atoms with Crippen LogP contribution in [0.25, 0.3) is 0 Å². The minimum absolute atomic E-state index is 0.0679. The van der Waals surface area contributed by atoms with Crippen LogP contribution in [-0.4, -0.2) is 43.9 Å². The Balaban J connectivity index is 1.69. The van der Waals surface area contributed by atoms with Crippen molar-refractivity contribution in [2.75, 3.05) is 16.4 Å². The molecule has 0 spiro atoms. The first kappa shape index (κ1) is 23.2. The Bertz CT molecular complexity index is 1240. The van der Waals surface area contributed by atoms with Crippen LogP contribution >= 0.6 is 0 Å². The number of hydrogen-bond donors (Lipinski definition) is 1. The van der Waals surface area contributed by atoms with E-state index in [1.54, 1.807) is 38.1 Å². The van der Waals surface area contributed by atoms with E-state index in [-0.39, 0.29) is 23.2 Å². The van der Waals surface area contributed by atoms with Gasteiger partial charge in [0.05, 0.1) is 33.8 Å². The van der Waals surface area contributed by atoms with E-state index < -0.39 is 33.3 Å². The highest BCUT2D eigenvalue weighted by atomic mass is 32.2. The maximum Gasteiger partial charge on any atom is 0.387 e. The maximum atomic E-state index is 13.5. The number of sulfone groups is 1. The van der Waals surface area contributed by atoms with Gasteiger partial charge in [0.25, 0.3) is 5.91 Å². The molecule has 0 radical (unpaired) electrons. The predicted molar refractivity (Wildman–Crippen MR) is 119 cm³/mol. The molecule has 0 unspecified atom stereocenters. The highest BCUT2D eigenvalue weighted by Gasteiger charge is 2.48. The lowest BCUT2D eigenvalue weighted by atomic mass is 9.80. The number of carbonyl (C=O) groups excluding carboxylic acids is 2. The molecule has 1 atom stereocenters. The van der Waals surface area contributed by atoms with E-state index in [1.165, 1.54) is 23.1 Å². The zero-order valence-corrected chi connectivity index (χ0v) is 19.2. The lowest BCUT2D eigenvalue weighted by molar-refractivity contribution is -0.122. The second kappa shape index (κ2) is 7.79. The van der Waals surface area contributed by atoms with Crippen LogP contribution in [0.3, 0.4) is 0 Å². The van der Waals surface area contributed by atoms with Crippen molar-refractivity contribution in [3.05, 3.63) is 53.6 Å². The quantitative estimate of drug-likeness (QED) is 0.686. The molecule has 2 aliphatic rings. The van der Waals surface area contributed by atoms with E-state index >= 15 is 0 Å². The van der Waals surface area contributed by atoms with Crippen molar-refractivity contribution < 1.29 is 31.5 Å². The van der Waals surface area contributed by atoms with E-state index in [2.05, 4.69) is 10.1 Å². The van der Waals surface area contributed by atoms with Crippen LogP contribution in [-0.2, 0) is 20.0 Å². The van der Waals surface area contributed by atoms with Gasteiger partial charge in [-0.15, -0.1) is 0 Å². The molecule has 7 nitrogen and oxygen atoms in total. The molecule has 0 saturated carbocycles. The molecular weight excluding hydrogens is 454 g/mol. The molecule has 1 fully saturated rings. The average Bonchev–Trinajstić information content (AvgIpc) is 2.93. The summed E-state index contributed by atoms with van der Waals surface area (Å²) in [5, 5.41) is 2.78. The summed E-state index contributed by atoms with van der Waals surface area (Å²) in [7, 11) is -3.13. The molecule has 0 aromatic heterocycles. The van der Waals surface area contributed by atoms with Crippen LogP contribution in [0.1, 0.15) is 43.1 Å². The number of fused-ring (bicyclic) bond motifs is 1. The van der Waals surface area contributed by atoms with Gasteiger partial charge in [-0.05, 0) is 56.2 Å². The van der Waals surface area contributed by atoms with Crippen molar-refractivity contribution in [2.45, 2.75) is 44.8 Å². The van der Waals surface area contributed by atoms with E-state index in [1.807, 2.05) is 6.92 Å². The predicted octanol–water partition coefficient (Wildman–Crippen LogP) is 3.55. The summed E-state index contributed by atoms with van der Waals surface area (Å²) in [4.78, 5) is 27.8. The summed E-state index contributed by atoms with van der Waals surface area (Å²) >= 11 is 0. The van der Waals surface area contributed by atoms with Crippen molar-refractivity contribution in [2.24, 2.45) is 0 Å². The average molecular weight is 479 g/mol. The summed E-state index contributed by atoms with van der Waals surface area (Å²) in [6.07, 6.45) is 0.448. The summed E-state index contributed by atoms with van der Waals surface area (Å²) in [5.74, 6) is -0.975. The molecule has 1 saturated heterocycles. The van der Waals surface area contributed by atoms with Crippen molar-refractivity contribution >= 4 is 33.0 Å². The number of nitrogens with one attached hydrogen (secondary N) is 1. The molecule has 2 heterocycles. The monoisotopic (exact) mass is 478 g/mol. The Morgan fingerprint density at radius 2 is 1.88 bits per heavy atom. The van der Waals surface area contributed by atoms with Gasteiger partial charge in [0, 0.05) is 11.6 Å². The Morgan fingerprint density at radius 3 is 2.48 bits per heavy atom. The first-order valence-corrected chi connectivity index (χ1v) is 12.3. The Kier molecular flexibility index (Phi) is 5.47. The topological polar surface area (TPSA) is 92.8 Å². The fraction of sp³-hybridized carbons (Fsp3) is 0.391. The number of alkyl halides is 2. The van der Waals surface area contributed by atoms with Crippen molar-refractivity contribution in [3.8, 4) is 5.75 Å². The number of rotatable bonds is 6. The number of amides is 2. The second-order valence-corrected chi connectivity index (χ2v) is 11.0. The molecule has 2 aromatic rings. The first-order valence-electron chi connectivity index (χ1n) is 10.4. The van der Waals surface area contributed by atoms with Gasteiger partial charge in [-0.2, -0.15) is 8.78 Å². The van der Waals surface area contributed by atoms with Gasteiger partial charge >= 0.3 is 6.61 Å². The SMILES string of the molecule is CC[C@@]1(C)C(=O)N(c2cccc(OC(F)F)c2)c2ccc(C(=O)NC3(C)CS(=O)(=O)C3)cc21. The zero-order valence-electron chi connectivity index (χ0n) is 18.4. The molecule has 0 bridgehead atoms. The first-order chi connectivity index (χ1) is 15.4. The Labute approximate surface area is 190 Å². The molecule has 4 rings (SSSR count). The van der Waals surface area contributed by atoms with Gasteiger partial charge in [-0.1, -0.05) is 13.0 Å². The van der Waals surface area contributed by atoms with Crippen LogP contribution in [0.2, 0.25) is 0 Å². The van der Waals surface area contributed by atoms with Gasteiger partial charge in [0.1, 0.15) is 5.75 Å². The molecule has 176 valence electrons. The van der Waals surface area contributed by atoms with Crippen LogP contribution in [0, 0.1) is 0 Å². The zero-order chi connectivity index (χ0) is 24.2. The smallest absolute Gasteiger partial charge is 0.387 e. The highest BCUT2D eigenvalue weighted by Crippen LogP contribution is 2.48. The van der Waals surface area contributed by atoms with E-state index in [0.29, 0.717) is 28.9 Å². The van der Waals surface area contributed by atoms with Crippen LogP contribution in [0.5, 0.6) is 5.75 Å². The van der Waals surface area contributed by atoms with Crippen LogP contribution in [0.4, 0.5) is 20.2 Å². The maximum absolute atomic E-state index is 13.5. The third kappa shape index (κ3) is 4.07. The normalized spacial score (nSPS) is 22.6. The number of halogens is 2. The third-order valence-electron chi connectivity index (χ3n) is 6.27. The molecule has 1 N–H and O–H groups in total. The molecular formula is C23H24F2N2O5S. The lowest BCUT2D eigenvalue weighted by Crippen LogP contribution is -2.63. The minimum Gasteiger partial charge on any atom is -0.435 e. The van der Waals surface area contributed by atoms with Gasteiger partial charge < -0.3 is 10.1 Å². The van der Waals surface area contributed by atoms with E-state index in [4.69, 9.17) is 0 Å². The number of carbonyl (C=O) groups is 2. The van der Waals surface area contributed by atoms with Crippen molar-refractivity contribution in [3.63, 3.8) is 0 Å². The van der Waals surface area contributed by atoms with E-state index in [9.17, 15) is 26.8 Å². The summed E-state index contributed by atoms with van der Waals surface area (Å²) < 4.78 is 52.9. The van der Waals surface area contributed by atoms with Gasteiger partial charge in [0.2, 0.25) is 5.91 Å². The van der Waals surface area contributed by atoms with E-state index in [0.717, 1.165) is 0 Å². The minimum atomic E-state index is -3.13. The number of hydrogen-bond acceptors (Lipinski definition) is 5. The van der Waals surface area contributed by atoms with Gasteiger partial charge in [-0.3, -0.25) is 14.5 Å². The number of nitrogens with zero attached hydrogens (tertiary/aromatic N) is 1. The fourth-order valence-electron chi connectivity index (χ4n) is 4.53. The van der Waals surface area contributed by atoms with Gasteiger partial charge in [0.15, 0.2) is 9.84 Å². The van der Waals surface area contributed by atoms with Crippen molar-refractivity contribution in [1.29, 1.82) is 0 Å². The standard InChI is InChI=1S/C23H24F2N2O5S/c1-4-23(3)17-10-14(19(28)26-22(2)12-33(30,31)13-22)8-9-18(17)27(20(23)29)15-6-5-7-16(11-15)32-21(24)25/h5-11,21H,4,12-13H2,1-3H3,(H,26,28)/t23-/m1/s1. The van der Waals surface area contributed by atoms with Crippen LogP contribution < -0.4 is 15.0 Å². The van der Waals surface area contributed by atoms with Crippen molar-refractivity contribution in [1.82, 2.24) is 5.32 Å². The summed E-state index contributed by atoms with van der Waals surface area (Å²) in [5.41, 5.74) is 0.108. The fourth-order valence-corrected chi connectivity index (χ4v) is 6.53. The second-order valence-electron chi connectivity index (χ2n) is 8.98. The molecule has 0 aliphatic carbocycles. The highest BCUT2D eigenvalue weighted by molar-refractivity contribution is 7.93. The Morgan fingerprint density at radius 1 is 1.18 bits per heavy atom. The largest absolute Gasteiger partial charge is 0.435 e. The van der Waals surface area contributed by atoms with Crippen LogP contribution in [0.15, 0.2) is 42.5 Å². The van der Waals surface area contributed by atoms with Gasteiger partial charge in [-0.25, -0.2) is 8.42 Å². The molecule has 2 amide bonds. The molecule has 33 heavy (non-hydrogen) atoms. The summed E-state index contributed by atoms with van der Waals surface area (Å²) in [6, 6.07) is 10.7. The number of ether oxygens (including phenoxy) is 1. The number of benzene rings is 2. The number of anilines is 2. The third-order valence-corrected chi connectivity index (χ3v) is 8.42. The lowest BCUT2D eigenvalue weighted by Gasteiger charge is -2.38. The molecule has 2 aliphatic heterocycles. The summed E-state index contributed by atoms with van der Waals surface area (Å²) in [6.45, 7) is 2.31. The molecule has 2 aromatic carbocycles. The Hall–Kier alpha value is -3.01.